The van der Waals surface area contributed by atoms with Gasteiger partial charge >= 0.3 is 5.97 Å². The normalized spacial score (nSPS) is 19.7. The quantitative estimate of drug-likeness (QED) is 0.481. The first kappa shape index (κ1) is 28.3. The van der Waals surface area contributed by atoms with Crippen LogP contribution in [0.25, 0.3) is 0 Å². The van der Waals surface area contributed by atoms with E-state index in [1.54, 1.807) is 35.2 Å². The van der Waals surface area contributed by atoms with E-state index in [1.807, 2.05) is 27.7 Å². The Hall–Kier alpha value is -2.67. The molecule has 0 bridgehead atoms. The molecule has 7 nitrogen and oxygen atoms in total. The van der Waals surface area contributed by atoms with E-state index in [-0.39, 0.29) is 34.2 Å². The van der Waals surface area contributed by atoms with Crippen molar-refractivity contribution in [2.24, 2.45) is 11.3 Å². The topological polar surface area (TPSA) is 95.0 Å². The van der Waals surface area contributed by atoms with Crippen LogP contribution in [0.4, 0.5) is 5.69 Å². The number of nitrogens with zero attached hydrogens (tertiary/aromatic N) is 2. The molecular weight excluding hydrogens is 520 g/mol. The third kappa shape index (κ3) is 6.14. The number of carboxylic acids is 1. The lowest BCUT2D eigenvalue weighted by Gasteiger charge is -2.44. The van der Waals surface area contributed by atoms with E-state index in [9.17, 15) is 23.1 Å². The molecule has 1 atom stereocenters. The molecule has 1 amide bonds. The lowest BCUT2D eigenvalue weighted by Crippen LogP contribution is -2.60. The zero-order valence-corrected chi connectivity index (χ0v) is 24.1. The maximum atomic E-state index is 13.7. The number of carbonyl (C=O) groups excluding carboxylic acids is 1. The number of rotatable bonds is 6. The average Bonchev–Trinajstić information content (AvgIpc) is 3.31. The monoisotopic (exact) mass is 556 g/mol. The Labute approximate surface area is 229 Å². The minimum Gasteiger partial charge on any atom is -0.477 e. The number of carboxylic acid groups (broad SMARTS) is 1. The van der Waals surface area contributed by atoms with Gasteiger partial charge in [-0.2, -0.15) is 4.31 Å². The molecular formula is C29H36N2O5S2. The van der Waals surface area contributed by atoms with Crippen LogP contribution in [0.3, 0.4) is 0 Å². The van der Waals surface area contributed by atoms with Crippen molar-refractivity contribution in [3.63, 3.8) is 0 Å². The van der Waals surface area contributed by atoms with Gasteiger partial charge in [-0.1, -0.05) is 50.2 Å². The molecule has 2 aromatic rings. The van der Waals surface area contributed by atoms with Crippen molar-refractivity contribution in [3.8, 4) is 11.8 Å². The number of amides is 1. The zero-order chi connectivity index (χ0) is 27.7. The maximum absolute atomic E-state index is 13.7. The van der Waals surface area contributed by atoms with Gasteiger partial charge in [0.1, 0.15) is 4.88 Å². The maximum Gasteiger partial charge on any atom is 0.348 e. The van der Waals surface area contributed by atoms with Gasteiger partial charge in [0.05, 0.1) is 28.0 Å². The van der Waals surface area contributed by atoms with Crippen molar-refractivity contribution < 1.29 is 23.1 Å². The van der Waals surface area contributed by atoms with E-state index in [4.69, 9.17) is 0 Å². The number of sulfonamides is 1. The molecule has 1 aromatic heterocycles. The minimum atomic E-state index is -3.89. The highest BCUT2D eigenvalue weighted by Gasteiger charge is 2.44. The molecule has 1 aliphatic heterocycles. The summed E-state index contributed by atoms with van der Waals surface area (Å²) in [5.41, 5.74) is 1.10. The van der Waals surface area contributed by atoms with Crippen LogP contribution in [-0.2, 0) is 21.2 Å². The van der Waals surface area contributed by atoms with Gasteiger partial charge in [0.2, 0.25) is 15.9 Å². The molecule has 2 heterocycles. The van der Waals surface area contributed by atoms with E-state index in [0.717, 1.165) is 55.4 Å². The predicted molar refractivity (Wildman–Crippen MR) is 150 cm³/mol. The highest BCUT2D eigenvalue weighted by molar-refractivity contribution is 7.89. The number of aromatic carboxylic acids is 1. The van der Waals surface area contributed by atoms with Crippen molar-refractivity contribution in [3.05, 3.63) is 45.6 Å². The van der Waals surface area contributed by atoms with E-state index >= 15 is 0 Å². The van der Waals surface area contributed by atoms with Crippen LogP contribution < -0.4 is 4.90 Å². The number of hydrogen-bond acceptors (Lipinski definition) is 5. The molecule has 9 heteroatoms. The van der Waals surface area contributed by atoms with E-state index in [2.05, 4.69) is 11.8 Å². The number of carbonyl (C=O) groups is 2. The first-order chi connectivity index (χ1) is 17.9. The van der Waals surface area contributed by atoms with Gasteiger partial charge in [-0.15, -0.1) is 11.3 Å². The van der Waals surface area contributed by atoms with Crippen LogP contribution in [0.5, 0.6) is 0 Å². The number of thiophene rings is 1. The fourth-order valence-electron chi connectivity index (χ4n) is 5.21. The zero-order valence-electron chi connectivity index (χ0n) is 22.5. The van der Waals surface area contributed by atoms with Crippen LogP contribution >= 0.6 is 11.3 Å². The third-order valence-corrected chi connectivity index (χ3v) is 10.0. The molecule has 2 aliphatic rings. The Morgan fingerprint density at radius 1 is 1.13 bits per heavy atom. The van der Waals surface area contributed by atoms with Crippen LogP contribution in [0.15, 0.2) is 35.2 Å². The number of piperazine rings is 1. The molecule has 204 valence electrons. The van der Waals surface area contributed by atoms with Crippen molar-refractivity contribution in [1.82, 2.24) is 4.31 Å². The highest BCUT2D eigenvalue weighted by atomic mass is 32.2. The molecule has 0 spiro atoms. The van der Waals surface area contributed by atoms with Gasteiger partial charge in [-0.3, -0.25) is 4.79 Å². The van der Waals surface area contributed by atoms with Crippen LogP contribution in [0, 0.1) is 23.2 Å². The molecule has 1 aromatic carbocycles. The summed E-state index contributed by atoms with van der Waals surface area (Å²) in [6, 6.07) is 8.04. The van der Waals surface area contributed by atoms with Crippen molar-refractivity contribution in [1.29, 1.82) is 0 Å². The molecule has 38 heavy (non-hydrogen) atoms. The largest absolute Gasteiger partial charge is 0.477 e. The highest BCUT2D eigenvalue weighted by Crippen LogP contribution is 2.39. The number of aryl methyl sites for hydroxylation is 1. The third-order valence-electron chi connectivity index (χ3n) is 7.19. The molecule has 4 rings (SSSR count). The summed E-state index contributed by atoms with van der Waals surface area (Å²) in [4.78, 5) is 28.4. The van der Waals surface area contributed by atoms with Gasteiger partial charge < -0.3 is 10.0 Å². The molecule has 1 aliphatic carbocycles. The Bertz CT molecular complexity index is 1350. The predicted octanol–water partition coefficient (Wildman–Crippen LogP) is 5.39. The molecule has 1 saturated heterocycles. The first-order valence-corrected chi connectivity index (χ1v) is 15.5. The van der Waals surface area contributed by atoms with Crippen molar-refractivity contribution in [2.75, 3.05) is 18.0 Å². The van der Waals surface area contributed by atoms with Crippen molar-refractivity contribution >= 4 is 38.9 Å². The van der Waals surface area contributed by atoms with Gasteiger partial charge in [-0.25, -0.2) is 13.2 Å². The van der Waals surface area contributed by atoms with Crippen LogP contribution in [0.1, 0.15) is 79.9 Å². The standard InChI is InChI=1S/C29H36N2O5S2/c1-5-20-11-13-23(14-12-20)38(35,36)30-18-25(21-9-7-6-8-10-21)31(26(32)19-30)24-17-22(15-16-29(2,3)4)37-27(24)28(33)34/h11-14,17,21,25H,5-10,18-19H2,1-4H3,(H,33,34). The SMILES string of the molecule is CCc1ccc(S(=O)(=O)N2CC(=O)N(c3cc(C#CC(C)(C)C)sc3C(=O)O)C(C3CCCCC3)C2)cc1. The number of anilines is 1. The number of benzene rings is 1. The fourth-order valence-corrected chi connectivity index (χ4v) is 7.46. The second kappa shape index (κ2) is 11.2. The molecule has 1 saturated carbocycles. The summed E-state index contributed by atoms with van der Waals surface area (Å²) < 4.78 is 28.5. The lowest BCUT2D eigenvalue weighted by molar-refractivity contribution is -0.121. The van der Waals surface area contributed by atoms with E-state index in [1.165, 1.54) is 4.31 Å². The van der Waals surface area contributed by atoms with Crippen LogP contribution in [-0.4, -0.2) is 48.8 Å². The van der Waals surface area contributed by atoms with Crippen molar-refractivity contribution in [2.45, 2.75) is 77.2 Å². The van der Waals surface area contributed by atoms with Crippen LogP contribution in [0.2, 0.25) is 0 Å². The molecule has 0 radical (unpaired) electrons. The van der Waals surface area contributed by atoms with E-state index < -0.39 is 27.9 Å². The summed E-state index contributed by atoms with van der Waals surface area (Å²) in [6.45, 7) is 7.73. The van der Waals surface area contributed by atoms with Gasteiger partial charge in [0.15, 0.2) is 0 Å². The van der Waals surface area contributed by atoms with Gasteiger partial charge in [0.25, 0.3) is 0 Å². The molecule has 2 fully saturated rings. The molecule has 1 unspecified atom stereocenters. The number of hydrogen-bond donors (Lipinski definition) is 1. The summed E-state index contributed by atoms with van der Waals surface area (Å²) in [6.07, 6.45) is 5.66. The first-order valence-electron chi connectivity index (χ1n) is 13.2. The molecule has 1 N–H and O–H groups in total. The summed E-state index contributed by atoms with van der Waals surface area (Å²) in [5.74, 6) is 4.77. The Balaban J connectivity index is 1.74. The summed E-state index contributed by atoms with van der Waals surface area (Å²) in [7, 11) is -3.89. The second-order valence-corrected chi connectivity index (χ2v) is 14.1. The fraction of sp³-hybridized carbons (Fsp3) is 0.517. The van der Waals surface area contributed by atoms with E-state index in [0.29, 0.717) is 10.6 Å². The minimum absolute atomic E-state index is 0.0591. The second-order valence-electron chi connectivity index (χ2n) is 11.2. The summed E-state index contributed by atoms with van der Waals surface area (Å²) >= 11 is 1.06. The Morgan fingerprint density at radius 3 is 2.37 bits per heavy atom. The Kier molecular flexibility index (Phi) is 8.36. The van der Waals surface area contributed by atoms with Gasteiger partial charge in [-0.05, 0) is 69.7 Å². The summed E-state index contributed by atoms with van der Waals surface area (Å²) in [5, 5.41) is 10.0. The average molecular weight is 557 g/mol. The van der Waals surface area contributed by atoms with Gasteiger partial charge in [0, 0.05) is 12.0 Å². The lowest BCUT2D eigenvalue weighted by atomic mass is 9.82. The smallest absolute Gasteiger partial charge is 0.348 e. The Morgan fingerprint density at radius 2 is 1.79 bits per heavy atom.